The molecule has 0 aliphatic carbocycles. The number of nitrogens with one attached hydrogen (secondary N) is 2. The Morgan fingerprint density at radius 2 is 2.12 bits per heavy atom. The summed E-state index contributed by atoms with van der Waals surface area (Å²) in [5.74, 6) is 0.501. The molecule has 2 N–H and O–H groups in total. The van der Waals surface area contributed by atoms with Crippen LogP contribution in [0.15, 0.2) is 34.4 Å². The first-order valence-electron chi connectivity index (χ1n) is 8.52. The lowest BCUT2D eigenvalue weighted by Gasteiger charge is -2.23. The number of hydrazone groups is 1. The van der Waals surface area contributed by atoms with Gasteiger partial charge in [0.05, 0.1) is 5.71 Å². The molecule has 1 aromatic carbocycles. The number of amides is 1. The fourth-order valence-corrected chi connectivity index (χ4v) is 2.50. The molecule has 0 spiro atoms. The third-order valence-corrected chi connectivity index (χ3v) is 3.81. The summed E-state index contributed by atoms with van der Waals surface area (Å²) in [6.45, 7) is 5.69. The van der Waals surface area contributed by atoms with E-state index in [2.05, 4.69) is 32.9 Å². The summed E-state index contributed by atoms with van der Waals surface area (Å²) in [4.78, 5) is 16.4. The Labute approximate surface area is 148 Å². The fourth-order valence-electron chi connectivity index (χ4n) is 2.50. The van der Waals surface area contributed by atoms with Gasteiger partial charge in [0.2, 0.25) is 11.9 Å². The molecule has 1 aliphatic rings. The SMILES string of the molecule is CCNC(=NCCCN1N=C(c2ccc(C)cc2)CCC1=O)NC#N. The van der Waals surface area contributed by atoms with Crippen LogP contribution in [0.3, 0.4) is 0 Å². The average molecular weight is 340 g/mol. The number of guanidine groups is 1. The molecule has 0 bridgehead atoms. The second-order valence-corrected chi connectivity index (χ2v) is 5.78. The number of carbonyl (C=O) groups excluding carboxylic acids is 1. The number of nitriles is 1. The smallest absolute Gasteiger partial charge is 0.243 e. The maximum absolute atomic E-state index is 12.1. The van der Waals surface area contributed by atoms with Gasteiger partial charge in [0.25, 0.3) is 0 Å². The Kier molecular flexibility index (Phi) is 6.96. The van der Waals surface area contributed by atoms with Gasteiger partial charge in [0.1, 0.15) is 0 Å². The summed E-state index contributed by atoms with van der Waals surface area (Å²) in [6.07, 6.45) is 3.68. The predicted octanol–water partition coefficient (Wildman–Crippen LogP) is 1.75. The van der Waals surface area contributed by atoms with Crippen molar-refractivity contribution in [3.05, 3.63) is 35.4 Å². The average Bonchev–Trinajstić information content (AvgIpc) is 2.61. The highest BCUT2D eigenvalue weighted by Gasteiger charge is 2.20. The largest absolute Gasteiger partial charge is 0.356 e. The second-order valence-electron chi connectivity index (χ2n) is 5.78. The lowest BCUT2D eigenvalue weighted by atomic mass is 10.0. The van der Waals surface area contributed by atoms with Gasteiger partial charge in [0.15, 0.2) is 6.19 Å². The van der Waals surface area contributed by atoms with E-state index >= 15 is 0 Å². The Balaban J connectivity index is 1.94. The Bertz CT molecular complexity index is 687. The number of rotatable bonds is 6. The first kappa shape index (κ1) is 18.5. The molecule has 2 rings (SSSR count). The normalized spacial score (nSPS) is 14.8. The maximum Gasteiger partial charge on any atom is 0.243 e. The van der Waals surface area contributed by atoms with Gasteiger partial charge in [-0.05, 0) is 25.8 Å². The Morgan fingerprint density at radius 1 is 1.36 bits per heavy atom. The highest BCUT2D eigenvalue weighted by atomic mass is 16.2. The molecule has 0 fully saturated rings. The van der Waals surface area contributed by atoms with E-state index < -0.39 is 0 Å². The van der Waals surface area contributed by atoms with Crippen LogP contribution in [0.5, 0.6) is 0 Å². The van der Waals surface area contributed by atoms with Gasteiger partial charge in [-0.15, -0.1) is 0 Å². The Morgan fingerprint density at radius 3 is 2.80 bits per heavy atom. The quantitative estimate of drug-likeness (QED) is 0.271. The highest BCUT2D eigenvalue weighted by molar-refractivity contribution is 6.04. The highest BCUT2D eigenvalue weighted by Crippen LogP contribution is 2.16. The van der Waals surface area contributed by atoms with E-state index in [4.69, 9.17) is 5.26 Å². The van der Waals surface area contributed by atoms with Crippen LogP contribution in [-0.4, -0.2) is 42.2 Å². The zero-order valence-electron chi connectivity index (χ0n) is 14.7. The molecule has 1 aromatic rings. The van der Waals surface area contributed by atoms with Crippen molar-refractivity contribution in [3.63, 3.8) is 0 Å². The third-order valence-electron chi connectivity index (χ3n) is 3.81. The van der Waals surface area contributed by atoms with Crippen LogP contribution in [0.2, 0.25) is 0 Å². The summed E-state index contributed by atoms with van der Waals surface area (Å²) in [5.41, 5.74) is 3.21. The molecular weight excluding hydrogens is 316 g/mol. The molecule has 1 amide bonds. The van der Waals surface area contributed by atoms with Crippen LogP contribution in [0.4, 0.5) is 0 Å². The first-order valence-corrected chi connectivity index (χ1v) is 8.52. The van der Waals surface area contributed by atoms with Gasteiger partial charge in [-0.25, -0.2) is 5.01 Å². The summed E-state index contributed by atoms with van der Waals surface area (Å²) in [7, 11) is 0. The molecule has 0 radical (unpaired) electrons. The van der Waals surface area contributed by atoms with Crippen molar-refractivity contribution in [2.24, 2.45) is 10.1 Å². The minimum Gasteiger partial charge on any atom is -0.356 e. The number of hydrogen-bond acceptors (Lipinski definition) is 4. The second kappa shape index (κ2) is 9.42. The van der Waals surface area contributed by atoms with E-state index in [-0.39, 0.29) is 5.91 Å². The van der Waals surface area contributed by atoms with Crippen molar-refractivity contribution >= 4 is 17.6 Å². The van der Waals surface area contributed by atoms with E-state index in [1.807, 2.05) is 32.2 Å². The van der Waals surface area contributed by atoms with Gasteiger partial charge in [-0.1, -0.05) is 29.8 Å². The molecule has 132 valence electrons. The van der Waals surface area contributed by atoms with Crippen molar-refractivity contribution in [2.45, 2.75) is 33.1 Å². The van der Waals surface area contributed by atoms with E-state index in [9.17, 15) is 4.79 Å². The molecule has 25 heavy (non-hydrogen) atoms. The van der Waals surface area contributed by atoms with Crippen molar-refractivity contribution in [1.82, 2.24) is 15.6 Å². The van der Waals surface area contributed by atoms with Crippen LogP contribution in [0.25, 0.3) is 0 Å². The molecule has 7 nitrogen and oxygen atoms in total. The van der Waals surface area contributed by atoms with Crippen molar-refractivity contribution in [1.29, 1.82) is 5.26 Å². The number of aryl methyl sites for hydroxylation is 1. The molecule has 1 heterocycles. The summed E-state index contributed by atoms with van der Waals surface area (Å²) in [6, 6.07) is 8.20. The fraction of sp³-hybridized carbons (Fsp3) is 0.444. The first-order chi connectivity index (χ1) is 12.1. The minimum atomic E-state index is 0.0434. The zero-order chi connectivity index (χ0) is 18.1. The number of hydrogen-bond donors (Lipinski definition) is 2. The lowest BCUT2D eigenvalue weighted by Crippen LogP contribution is -2.35. The van der Waals surface area contributed by atoms with Crippen LogP contribution >= 0.6 is 0 Å². The number of aliphatic imine (C=N–C) groups is 1. The third kappa shape index (κ3) is 5.60. The molecule has 1 aliphatic heterocycles. The maximum atomic E-state index is 12.1. The van der Waals surface area contributed by atoms with Crippen LogP contribution < -0.4 is 10.6 Å². The molecule has 7 heteroatoms. The number of nitrogens with zero attached hydrogens (tertiary/aromatic N) is 4. The van der Waals surface area contributed by atoms with Crippen molar-refractivity contribution < 1.29 is 4.79 Å². The summed E-state index contributed by atoms with van der Waals surface area (Å²) in [5, 5.41) is 20.2. The van der Waals surface area contributed by atoms with E-state index in [0.29, 0.717) is 44.9 Å². The summed E-state index contributed by atoms with van der Waals surface area (Å²) >= 11 is 0. The van der Waals surface area contributed by atoms with Gasteiger partial charge >= 0.3 is 0 Å². The topological polar surface area (TPSA) is 92.9 Å². The van der Waals surface area contributed by atoms with Crippen molar-refractivity contribution in [2.75, 3.05) is 19.6 Å². The van der Waals surface area contributed by atoms with Gasteiger partial charge < -0.3 is 5.32 Å². The van der Waals surface area contributed by atoms with E-state index in [0.717, 1.165) is 11.3 Å². The van der Waals surface area contributed by atoms with Gasteiger partial charge in [-0.3, -0.25) is 15.1 Å². The van der Waals surface area contributed by atoms with Crippen molar-refractivity contribution in [3.8, 4) is 6.19 Å². The molecule has 0 atom stereocenters. The standard InChI is InChI=1S/C18H24N6O/c1-3-20-18(22-13-19)21-11-4-12-24-17(25)10-9-16(23-24)15-7-5-14(2)6-8-15/h5-8H,3-4,9-12H2,1-2H3,(H2,20,21,22). The van der Waals surface area contributed by atoms with Crippen LogP contribution in [0, 0.1) is 18.4 Å². The van der Waals surface area contributed by atoms with Crippen LogP contribution in [0.1, 0.15) is 37.3 Å². The number of carbonyl (C=O) groups is 1. The zero-order valence-corrected chi connectivity index (χ0v) is 14.7. The minimum absolute atomic E-state index is 0.0434. The molecular formula is C18H24N6O. The van der Waals surface area contributed by atoms with Crippen LogP contribution in [-0.2, 0) is 4.79 Å². The van der Waals surface area contributed by atoms with Gasteiger partial charge in [0, 0.05) is 32.5 Å². The van der Waals surface area contributed by atoms with E-state index in [1.54, 1.807) is 5.01 Å². The Hall–Kier alpha value is -2.88. The van der Waals surface area contributed by atoms with Gasteiger partial charge in [-0.2, -0.15) is 10.4 Å². The molecule has 0 aromatic heterocycles. The molecule has 0 saturated carbocycles. The lowest BCUT2D eigenvalue weighted by molar-refractivity contribution is -0.131. The summed E-state index contributed by atoms with van der Waals surface area (Å²) < 4.78 is 0. The number of benzene rings is 1. The van der Waals surface area contributed by atoms with E-state index in [1.165, 1.54) is 5.56 Å². The predicted molar refractivity (Wildman–Crippen MR) is 98.0 cm³/mol. The molecule has 0 unspecified atom stereocenters. The molecule has 0 saturated heterocycles. The monoisotopic (exact) mass is 340 g/mol.